The third-order valence-electron chi connectivity index (χ3n) is 5.33. The average molecular weight is 390 g/mol. The summed E-state index contributed by atoms with van der Waals surface area (Å²) in [5.41, 5.74) is 3.13. The predicted molar refractivity (Wildman–Crippen MR) is 106 cm³/mol. The Morgan fingerprint density at radius 3 is 2.69 bits per heavy atom. The van der Waals surface area contributed by atoms with Crippen molar-refractivity contribution in [2.24, 2.45) is 0 Å². The second kappa shape index (κ2) is 6.90. The van der Waals surface area contributed by atoms with Crippen LogP contribution in [0, 0.1) is 0 Å². The molecular weight excluding hydrogens is 372 g/mol. The first kappa shape index (κ1) is 17.7. The minimum absolute atomic E-state index is 0.101. The molecule has 2 aromatic heterocycles. The Balaban J connectivity index is 1.52. The van der Waals surface area contributed by atoms with E-state index in [1.165, 1.54) is 0 Å². The molecular formula is C23H18O6. The Morgan fingerprint density at radius 1 is 1.00 bits per heavy atom. The second-order valence-electron chi connectivity index (χ2n) is 7.09. The first-order valence-corrected chi connectivity index (χ1v) is 9.46. The van der Waals surface area contributed by atoms with Crippen LogP contribution in [0.5, 0.6) is 5.75 Å². The zero-order valence-electron chi connectivity index (χ0n) is 15.8. The van der Waals surface area contributed by atoms with Crippen molar-refractivity contribution < 1.29 is 23.1 Å². The van der Waals surface area contributed by atoms with Gasteiger partial charge in [-0.2, -0.15) is 0 Å². The summed E-state index contributed by atoms with van der Waals surface area (Å²) in [5, 5.41) is 1.70. The maximum absolute atomic E-state index is 12.8. The fraction of sp³-hybridized carbons (Fsp3) is 0.217. The Morgan fingerprint density at radius 2 is 1.83 bits per heavy atom. The molecule has 1 aliphatic rings. The van der Waals surface area contributed by atoms with E-state index in [0.717, 1.165) is 41.2 Å². The lowest BCUT2D eigenvalue weighted by Crippen LogP contribution is -2.11. The number of ether oxygens (including phenoxy) is 2. The Hall–Kier alpha value is -3.38. The van der Waals surface area contributed by atoms with Crippen LogP contribution in [-0.2, 0) is 24.2 Å². The van der Waals surface area contributed by atoms with Crippen molar-refractivity contribution in [3.63, 3.8) is 0 Å². The number of hydrogen-bond acceptors (Lipinski definition) is 6. The van der Waals surface area contributed by atoms with Gasteiger partial charge < -0.3 is 18.3 Å². The van der Waals surface area contributed by atoms with Crippen molar-refractivity contribution in [1.29, 1.82) is 0 Å². The van der Waals surface area contributed by atoms with Gasteiger partial charge in [-0.05, 0) is 43.0 Å². The first-order chi connectivity index (χ1) is 14.2. The molecule has 0 amide bonds. The van der Waals surface area contributed by atoms with E-state index in [1.807, 2.05) is 24.3 Å². The van der Waals surface area contributed by atoms with Gasteiger partial charge >= 0.3 is 11.6 Å². The van der Waals surface area contributed by atoms with E-state index >= 15 is 0 Å². The molecule has 5 rings (SSSR count). The van der Waals surface area contributed by atoms with E-state index < -0.39 is 5.97 Å². The quantitative estimate of drug-likeness (QED) is 0.292. The van der Waals surface area contributed by atoms with Crippen LogP contribution in [0.1, 0.15) is 33.7 Å². The van der Waals surface area contributed by atoms with Gasteiger partial charge in [0.05, 0.1) is 6.61 Å². The number of furan rings is 1. The van der Waals surface area contributed by atoms with Crippen LogP contribution in [-0.4, -0.2) is 13.1 Å². The van der Waals surface area contributed by atoms with E-state index in [0.29, 0.717) is 16.7 Å². The summed E-state index contributed by atoms with van der Waals surface area (Å²) < 4.78 is 21.9. The standard InChI is InChI=1S/C23H18O6/c1-26-12-18-15-5-2-3-8-19(15)28-21(18)23(25)27-13-9-10-16-14-6-4-7-17(14)22(24)29-20(16)11-13/h2-3,5,8-11H,4,6-7,12H2,1H3. The summed E-state index contributed by atoms with van der Waals surface area (Å²) in [4.78, 5) is 25.0. The normalized spacial score (nSPS) is 13.1. The molecule has 0 saturated heterocycles. The first-order valence-electron chi connectivity index (χ1n) is 9.46. The number of para-hydroxylation sites is 1. The van der Waals surface area contributed by atoms with Gasteiger partial charge in [-0.1, -0.05) is 18.2 Å². The number of methoxy groups -OCH3 is 1. The van der Waals surface area contributed by atoms with E-state index in [9.17, 15) is 9.59 Å². The highest BCUT2D eigenvalue weighted by Gasteiger charge is 2.23. The number of rotatable bonds is 4. The van der Waals surface area contributed by atoms with Crippen LogP contribution < -0.4 is 10.4 Å². The van der Waals surface area contributed by atoms with Crippen LogP contribution in [0.4, 0.5) is 0 Å². The lowest BCUT2D eigenvalue weighted by Gasteiger charge is -2.07. The number of hydrogen-bond donors (Lipinski definition) is 0. The van der Waals surface area contributed by atoms with E-state index in [-0.39, 0.29) is 23.7 Å². The molecule has 6 heteroatoms. The molecule has 146 valence electrons. The summed E-state index contributed by atoms with van der Waals surface area (Å²) in [6.45, 7) is 0.222. The topological polar surface area (TPSA) is 78.9 Å². The molecule has 0 saturated carbocycles. The van der Waals surface area contributed by atoms with Gasteiger partial charge in [0, 0.05) is 35.1 Å². The van der Waals surface area contributed by atoms with Crippen LogP contribution in [0.3, 0.4) is 0 Å². The van der Waals surface area contributed by atoms with Crippen LogP contribution in [0.15, 0.2) is 56.1 Å². The third-order valence-corrected chi connectivity index (χ3v) is 5.33. The summed E-state index contributed by atoms with van der Waals surface area (Å²) in [7, 11) is 1.56. The van der Waals surface area contributed by atoms with Crippen molar-refractivity contribution in [1.82, 2.24) is 0 Å². The predicted octanol–water partition coefficient (Wildman–Crippen LogP) is 4.39. The molecule has 2 aromatic carbocycles. The fourth-order valence-electron chi connectivity index (χ4n) is 4.03. The fourth-order valence-corrected chi connectivity index (χ4v) is 4.03. The van der Waals surface area contributed by atoms with Crippen LogP contribution in [0.2, 0.25) is 0 Å². The Kier molecular flexibility index (Phi) is 4.21. The molecule has 4 aromatic rings. The maximum Gasteiger partial charge on any atom is 0.380 e. The molecule has 0 unspecified atom stereocenters. The van der Waals surface area contributed by atoms with Crippen molar-refractivity contribution in [2.75, 3.05) is 7.11 Å². The number of esters is 1. The van der Waals surface area contributed by atoms with Crippen LogP contribution in [0.25, 0.3) is 21.9 Å². The number of aryl methyl sites for hydroxylation is 1. The number of fused-ring (bicyclic) bond motifs is 4. The molecule has 6 nitrogen and oxygen atoms in total. The molecule has 1 aliphatic carbocycles. The summed E-state index contributed by atoms with van der Waals surface area (Å²) >= 11 is 0. The number of carbonyl (C=O) groups is 1. The van der Waals surface area contributed by atoms with Gasteiger partial charge in [-0.25, -0.2) is 9.59 Å². The molecule has 0 bridgehead atoms. The van der Waals surface area contributed by atoms with Crippen molar-refractivity contribution in [2.45, 2.75) is 25.9 Å². The Bertz CT molecular complexity index is 1310. The zero-order valence-corrected chi connectivity index (χ0v) is 15.8. The van der Waals surface area contributed by atoms with E-state index in [1.54, 1.807) is 25.3 Å². The lowest BCUT2D eigenvalue weighted by atomic mass is 10.1. The van der Waals surface area contributed by atoms with E-state index in [2.05, 4.69) is 0 Å². The third kappa shape index (κ3) is 2.93. The highest BCUT2D eigenvalue weighted by molar-refractivity contribution is 5.97. The van der Waals surface area contributed by atoms with Crippen LogP contribution >= 0.6 is 0 Å². The van der Waals surface area contributed by atoms with Gasteiger partial charge in [0.15, 0.2) is 0 Å². The molecule has 0 N–H and O–H groups in total. The average Bonchev–Trinajstić information content (AvgIpc) is 3.34. The van der Waals surface area contributed by atoms with Gasteiger partial charge in [-0.15, -0.1) is 0 Å². The highest BCUT2D eigenvalue weighted by Crippen LogP contribution is 2.31. The molecule has 0 radical (unpaired) electrons. The van der Waals surface area contributed by atoms with Crippen molar-refractivity contribution in [3.8, 4) is 5.75 Å². The van der Waals surface area contributed by atoms with Gasteiger partial charge in [0.1, 0.15) is 16.9 Å². The SMILES string of the molecule is COCc1c(C(=O)Oc2ccc3c4c(c(=O)oc3c2)CCC4)oc2ccccc12. The largest absolute Gasteiger partial charge is 0.449 e. The summed E-state index contributed by atoms with van der Waals surface area (Å²) in [6.07, 6.45) is 2.55. The van der Waals surface area contributed by atoms with Gasteiger partial charge in [0.2, 0.25) is 5.76 Å². The minimum atomic E-state index is -0.629. The Labute approximate surface area is 165 Å². The monoisotopic (exact) mass is 390 g/mol. The molecule has 2 heterocycles. The summed E-state index contributed by atoms with van der Waals surface area (Å²) in [6, 6.07) is 12.5. The zero-order chi connectivity index (χ0) is 20.0. The molecule has 29 heavy (non-hydrogen) atoms. The van der Waals surface area contributed by atoms with E-state index in [4.69, 9.17) is 18.3 Å². The number of carbonyl (C=O) groups excluding carboxylic acids is 1. The summed E-state index contributed by atoms with van der Waals surface area (Å²) in [5.74, 6) is -0.243. The van der Waals surface area contributed by atoms with Gasteiger partial charge in [-0.3, -0.25) is 0 Å². The van der Waals surface area contributed by atoms with Crippen molar-refractivity contribution >= 4 is 27.9 Å². The minimum Gasteiger partial charge on any atom is -0.449 e. The highest BCUT2D eigenvalue weighted by atomic mass is 16.5. The number of benzene rings is 2. The molecule has 0 spiro atoms. The maximum atomic E-state index is 12.8. The van der Waals surface area contributed by atoms with Gasteiger partial charge in [0.25, 0.3) is 0 Å². The lowest BCUT2D eigenvalue weighted by molar-refractivity contribution is 0.0697. The molecule has 0 aliphatic heterocycles. The van der Waals surface area contributed by atoms with Crippen molar-refractivity contribution in [3.05, 3.63) is 75.3 Å². The molecule has 0 fully saturated rings. The molecule has 0 atom stereocenters. The smallest absolute Gasteiger partial charge is 0.380 e. The second-order valence-corrected chi connectivity index (χ2v) is 7.09.